The third-order valence-corrected chi connectivity index (χ3v) is 7.45. The molecule has 0 radical (unpaired) electrons. The molecule has 4 heteroatoms. The topological polar surface area (TPSA) is 40.6 Å². The summed E-state index contributed by atoms with van der Waals surface area (Å²) in [5.41, 5.74) is 2.89. The largest absolute Gasteiger partial charge is 0.343 e. The maximum absolute atomic E-state index is 13.4. The van der Waals surface area contributed by atoms with Crippen LogP contribution in [0.1, 0.15) is 91.9 Å². The number of allylic oxidation sites excluding steroid dienone is 1. The van der Waals surface area contributed by atoms with E-state index in [0.29, 0.717) is 0 Å². The molecule has 1 heterocycles. The van der Waals surface area contributed by atoms with Crippen molar-refractivity contribution in [3.05, 3.63) is 11.1 Å². The van der Waals surface area contributed by atoms with Gasteiger partial charge in [-0.1, -0.05) is 37.3 Å². The van der Waals surface area contributed by atoms with Gasteiger partial charge in [0.05, 0.1) is 0 Å². The quantitative estimate of drug-likeness (QED) is 0.623. The van der Waals surface area contributed by atoms with Crippen LogP contribution >= 0.6 is 0 Å². The van der Waals surface area contributed by atoms with Gasteiger partial charge in [-0.05, 0) is 65.7 Å². The van der Waals surface area contributed by atoms with Crippen molar-refractivity contribution in [2.24, 2.45) is 11.8 Å². The molecular formula is C24H42N2O2. The predicted octanol–water partition coefficient (Wildman–Crippen LogP) is 5.18. The van der Waals surface area contributed by atoms with Gasteiger partial charge in [0, 0.05) is 38.0 Å². The van der Waals surface area contributed by atoms with E-state index in [1.807, 2.05) is 23.9 Å². The first kappa shape index (κ1) is 23.0. The molecule has 0 aromatic carbocycles. The fourth-order valence-electron chi connectivity index (χ4n) is 4.95. The van der Waals surface area contributed by atoms with Crippen LogP contribution in [0.5, 0.6) is 0 Å². The van der Waals surface area contributed by atoms with E-state index in [4.69, 9.17) is 0 Å². The summed E-state index contributed by atoms with van der Waals surface area (Å²) in [6.45, 7) is 8.78. The lowest BCUT2D eigenvalue weighted by Gasteiger charge is -2.37. The van der Waals surface area contributed by atoms with E-state index < -0.39 is 0 Å². The highest BCUT2D eigenvalue weighted by molar-refractivity contribution is 5.88. The number of fused-ring (bicyclic) bond motifs is 1. The Bertz CT molecular complexity index is 583. The number of likely N-dealkylation sites (N-methyl/N-ethyl adjacent to an activating group) is 1. The molecule has 4 unspecified atom stereocenters. The standard InChI is InChI=1S/C24H42N2O2/c1-7-8-13-20-14-11-12-17(2)25(5)23(27)21-15-9-10-16-22(21)24(28)26(6)19(4)18(20)3/h17,19,21-22H,7-16H2,1-6H3/b20-18+. The maximum Gasteiger partial charge on any atom is 0.226 e. The number of carbonyl (C=O) groups is 2. The van der Waals surface area contributed by atoms with E-state index in [0.717, 1.165) is 51.4 Å². The number of hydrogen-bond acceptors (Lipinski definition) is 2. The number of amides is 2. The molecule has 0 saturated heterocycles. The van der Waals surface area contributed by atoms with E-state index in [-0.39, 0.29) is 35.7 Å². The second-order valence-corrected chi connectivity index (χ2v) is 9.20. The lowest BCUT2D eigenvalue weighted by Crippen LogP contribution is -2.48. The molecule has 0 N–H and O–H groups in total. The first-order chi connectivity index (χ1) is 13.3. The van der Waals surface area contributed by atoms with Crippen molar-refractivity contribution in [3.8, 4) is 0 Å². The SMILES string of the molecule is CCCC/C1=C(/C)C(C)N(C)C(=O)C2CCCCC2C(=O)N(C)C(C)CCC1. The normalized spacial score (nSPS) is 33.8. The Balaban J connectivity index is 2.38. The van der Waals surface area contributed by atoms with Crippen LogP contribution in [0.3, 0.4) is 0 Å². The van der Waals surface area contributed by atoms with Gasteiger partial charge in [0.2, 0.25) is 11.8 Å². The van der Waals surface area contributed by atoms with E-state index >= 15 is 0 Å². The molecule has 4 atom stereocenters. The lowest BCUT2D eigenvalue weighted by atomic mass is 9.77. The Labute approximate surface area is 172 Å². The minimum Gasteiger partial charge on any atom is -0.343 e. The molecule has 1 fully saturated rings. The number of unbranched alkanes of at least 4 members (excludes halogenated alkanes) is 1. The van der Waals surface area contributed by atoms with Gasteiger partial charge in [-0.25, -0.2) is 0 Å². The third-order valence-electron chi connectivity index (χ3n) is 7.45. The summed E-state index contributed by atoms with van der Waals surface area (Å²) < 4.78 is 0. The molecule has 0 bridgehead atoms. The zero-order valence-electron chi connectivity index (χ0n) is 19.1. The highest BCUT2D eigenvalue weighted by atomic mass is 16.2. The van der Waals surface area contributed by atoms with E-state index in [1.165, 1.54) is 24.0 Å². The van der Waals surface area contributed by atoms with Crippen LogP contribution in [0.15, 0.2) is 11.1 Å². The minimum atomic E-state index is -0.156. The summed E-state index contributed by atoms with van der Waals surface area (Å²) in [5.74, 6) is 0.0470. The Morgan fingerprint density at radius 2 is 1.46 bits per heavy atom. The van der Waals surface area contributed by atoms with Gasteiger partial charge < -0.3 is 9.80 Å². The molecule has 1 aliphatic carbocycles. The van der Waals surface area contributed by atoms with Gasteiger partial charge in [0.1, 0.15) is 0 Å². The van der Waals surface area contributed by atoms with Gasteiger partial charge in [0.15, 0.2) is 0 Å². The number of hydrogen-bond donors (Lipinski definition) is 0. The highest BCUT2D eigenvalue weighted by Gasteiger charge is 2.40. The van der Waals surface area contributed by atoms with Gasteiger partial charge in [-0.2, -0.15) is 0 Å². The van der Waals surface area contributed by atoms with Crippen LogP contribution in [0.4, 0.5) is 0 Å². The Kier molecular flexibility index (Phi) is 8.57. The molecule has 0 aromatic heterocycles. The summed E-state index contributed by atoms with van der Waals surface area (Å²) in [5, 5.41) is 0. The van der Waals surface area contributed by atoms with Crippen LogP contribution < -0.4 is 0 Å². The van der Waals surface area contributed by atoms with Crippen LogP contribution in [-0.4, -0.2) is 47.8 Å². The molecule has 1 saturated carbocycles. The molecule has 2 rings (SSSR count). The average molecular weight is 391 g/mol. The van der Waals surface area contributed by atoms with Crippen molar-refractivity contribution in [3.63, 3.8) is 0 Å². The average Bonchev–Trinajstić information content (AvgIpc) is 2.72. The molecule has 160 valence electrons. The molecule has 4 nitrogen and oxygen atoms in total. The van der Waals surface area contributed by atoms with Crippen molar-refractivity contribution >= 4 is 11.8 Å². The fourth-order valence-corrected chi connectivity index (χ4v) is 4.95. The molecular weight excluding hydrogens is 348 g/mol. The van der Waals surface area contributed by atoms with Crippen LogP contribution in [0.25, 0.3) is 0 Å². The van der Waals surface area contributed by atoms with Crippen molar-refractivity contribution in [1.29, 1.82) is 0 Å². The molecule has 2 amide bonds. The number of carbonyl (C=O) groups excluding carboxylic acids is 2. The van der Waals surface area contributed by atoms with Crippen molar-refractivity contribution in [1.82, 2.24) is 9.80 Å². The second-order valence-electron chi connectivity index (χ2n) is 9.20. The predicted molar refractivity (Wildman–Crippen MR) is 116 cm³/mol. The first-order valence-corrected chi connectivity index (χ1v) is 11.5. The molecule has 2 aliphatic rings. The zero-order chi connectivity index (χ0) is 20.8. The number of rotatable bonds is 3. The summed E-state index contributed by atoms with van der Waals surface area (Å²) in [4.78, 5) is 30.5. The zero-order valence-corrected chi connectivity index (χ0v) is 19.1. The third kappa shape index (κ3) is 5.18. The van der Waals surface area contributed by atoms with Gasteiger partial charge in [-0.3, -0.25) is 9.59 Å². The Morgan fingerprint density at radius 3 is 2.04 bits per heavy atom. The van der Waals surface area contributed by atoms with Gasteiger partial charge >= 0.3 is 0 Å². The smallest absolute Gasteiger partial charge is 0.226 e. The molecule has 0 spiro atoms. The molecule has 0 aromatic rings. The summed E-state index contributed by atoms with van der Waals surface area (Å²) in [6, 6.07) is 0.335. The fraction of sp³-hybridized carbons (Fsp3) is 0.833. The maximum atomic E-state index is 13.4. The highest BCUT2D eigenvalue weighted by Crippen LogP contribution is 2.35. The monoisotopic (exact) mass is 390 g/mol. The van der Waals surface area contributed by atoms with E-state index in [1.54, 1.807) is 0 Å². The minimum absolute atomic E-state index is 0.105. The van der Waals surface area contributed by atoms with Crippen LogP contribution in [0.2, 0.25) is 0 Å². The molecule has 28 heavy (non-hydrogen) atoms. The summed E-state index contributed by atoms with van der Waals surface area (Å²) >= 11 is 0. The van der Waals surface area contributed by atoms with Crippen LogP contribution in [0, 0.1) is 11.8 Å². The van der Waals surface area contributed by atoms with Gasteiger partial charge in [0.25, 0.3) is 0 Å². The van der Waals surface area contributed by atoms with Crippen molar-refractivity contribution < 1.29 is 9.59 Å². The van der Waals surface area contributed by atoms with E-state index in [2.05, 4.69) is 27.7 Å². The van der Waals surface area contributed by atoms with Crippen LogP contribution in [-0.2, 0) is 9.59 Å². The summed E-state index contributed by atoms with van der Waals surface area (Å²) in [6.07, 6.45) is 10.5. The lowest BCUT2D eigenvalue weighted by molar-refractivity contribution is -0.148. The number of nitrogens with zero attached hydrogens (tertiary/aromatic N) is 2. The second kappa shape index (κ2) is 10.5. The summed E-state index contributed by atoms with van der Waals surface area (Å²) in [7, 11) is 3.88. The Hall–Kier alpha value is -1.32. The van der Waals surface area contributed by atoms with Crippen molar-refractivity contribution in [2.75, 3.05) is 14.1 Å². The molecule has 1 aliphatic heterocycles. The van der Waals surface area contributed by atoms with Gasteiger partial charge in [-0.15, -0.1) is 0 Å². The Morgan fingerprint density at radius 1 is 0.893 bits per heavy atom. The first-order valence-electron chi connectivity index (χ1n) is 11.5. The van der Waals surface area contributed by atoms with Crippen molar-refractivity contribution in [2.45, 2.75) is 104 Å². The van der Waals surface area contributed by atoms with E-state index in [9.17, 15) is 9.59 Å².